The van der Waals surface area contributed by atoms with E-state index >= 15 is 0 Å². The van der Waals surface area contributed by atoms with Crippen LogP contribution in [-0.2, 0) is 4.74 Å². The van der Waals surface area contributed by atoms with Gasteiger partial charge >= 0.3 is 0 Å². The summed E-state index contributed by atoms with van der Waals surface area (Å²) in [6.07, 6.45) is 0. The molecule has 2 aromatic heterocycles. The lowest BCUT2D eigenvalue weighted by Crippen LogP contribution is -2.36. The van der Waals surface area contributed by atoms with E-state index in [0.29, 0.717) is 32.1 Å². The highest BCUT2D eigenvalue weighted by atomic mass is 16.6. The molecule has 0 unspecified atom stereocenters. The van der Waals surface area contributed by atoms with Crippen LogP contribution in [-0.4, -0.2) is 46.6 Å². The van der Waals surface area contributed by atoms with E-state index in [9.17, 15) is 0 Å². The number of morpholine rings is 1. The molecular weight excluding hydrogens is 240 g/mol. The quantitative estimate of drug-likeness (QED) is 0.436. The molecule has 0 radical (unpaired) electrons. The zero-order valence-electron chi connectivity index (χ0n) is 9.22. The lowest BCUT2D eigenvalue weighted by molar-refractivity contribution is 0.122. The Morgan fingerprint density at radius 2 is 1.89 bits per heavy atom. The maximum absolute atomic E-state index is 8.55. The maximum atomic E-state index is 8.55. The van der Waals surface area contributed by atoms with Crippen LogP contribution in [0.1, 0.15) is 0 Å². The van der Waals surface area contributed by atoms with E-state index in [2.05, 4.69) is 34.9 Å². The Kier molecular flexibility index (Phi) is 2.63. The second kappa shape index (κ2) is 4.43. The van der Waals surface area contributed by atoms with Gasteiger partial charge in [-0.1, -0.05) is 0 Å². The fourth-order valence-electron chi connectivity index (χ4n) is 1.72. The van der Waals surface area contributed by atoms with E-state index in [-0.39, 0.29) is 17.1 Å². The van der Waals surface area contributed by atoms with Crippen molar-refractivity contribution >= 4 is 22.9 Å². The van der Waals surface area contributed by atoms with E-state index in [1.807, 2.05) is 4.90 Å². The first-order chi connectivity index (χ1) is 8.88. The molecule has 10 heteroatoms. The molecule has 0 aliphatic carbocycles. The van der Waals surface area contributed by atoms with Crippen LogP contribution in [0.2, 0.25) is 0 Å². The van der Waals surface area contributed by atoms with Crippen LogP contribution in [0.5, 0.6) is 0 Å². The molecule has 10 nitrogen and oxygen atoms in total. The number of azide groups is 1. The summed E-state index contributed by atoms with van der Waals surface area (Å²) in [7, 11) is 0. The highest BCUT2D eigenvalue weighted by Crippen LogP contribution is 2.26. The first-order valence-electron chi connectivity index (χ1n) is 5.26. The summed E-state index contributed by atoms with van der Waals surface area (Å²) < 4.78 is 9.79. The summed E-state index contributed by atoms with van der Waals surface area (Å²) in [5.41, 5.74) is 9.06. The summed E-state index contributed by atoms with van der Waals surface area (Å²) in [5, 5.41) is 10.7. The average molecular weight is 248 g/mol. The SMILES string of the molecule is [N-]=[N+]=Nc1nc2nonc2nc1N1CCOCC1. The van der Waals surface area contributed by atoms with Crippen molar-refractivity contribution in [2.75, 3.05) is 31.2 Å². The molecule has 0 saturated carbocycles. The van der Waals surface area contributed by atoms with Gasteiger partial charge in [0.05, 0.1) is 13.2 Å². The summed E-state index contributed by atoms with van der Waals surface area (Å²) in [4.78, 5) is 13.0. The van der Waals surface area contributed by atoms with Crippen LogP contribution in [0.3, 0.4) is 0 Å². The fraction of sp³-hybridized carbons (Fsp3) is 0.500. The molecule has 3 heterocycles. The number of aromatic nitrogens is 4. The number of ether oxygens (including phenoxy) is 1. The maximum Gasteiger partial charge on any atom is 0.245 e. The van der Waals surface area contributed by atoms with Gasteiger partial charge in [-0.2, -0.15) is 0 Å². The first-order valence-corrected chi connectivity index (χ1v) is 5.26. The second-order valence-electron chi connectivity index (χ2n) is 3.57. The minimum Gasteiger partial charge on any atom is -0.378 e. The van der Waals surface area contributed by atoms with E-state index in [4.69, 9.17) is 10.3 Å². The molecule has 1 saturated heterocycles. The van der Waals surface area contributed by atoms with Crippen molar-refractivity contribution in [1.29, 1.82) is 0 Å². The summed E-state index contributed by atoms with van der Waals surface area (Å²) in [6, 6.07) is 0. The Labute approximate surface area is 100 Å². The predicted molar refractivity (Wildman–Crippen MR) is 59.2 cm³/mol. The van der Waals surface area contributed by atoms with E-state index in [0.717, 1.165) is 0 Å². The molecule has 2 aromatic rings. The standard InChI is InChI=1S/C8H8N8O2/c9-15-12-7-8(16-1-3-17-4-2-16)11-6-5(10-7)13-18-14-6/h1-4H2. The third-order valence-electron chi connectivity index (χ3n) is 2.53. The summed E-state index contributed by atoms with van der Waals surface area (Å²) in [6.45, 7) is 2.48. The Hall–Kier alpha value is -2.45. The Balaban J connectivity index is 2.11. The lowest BCUT2D eigenvalue weighted by atomic mass is 10.4. The van der Waals surface area contributed by atoms with Crippen LogP contribution in [0.25, 0.3) is 21.7 Å². The third kappa shape index (κ3) is 1.79. The smallest absolute Gasteiger partial charge is 0.245 e. The molecule has 92 valence electrons. The fourth-order valence-corrected chi connectivity index (χ4v) is 1.72. The van der Waals surface area contributed by atoms with Gasteiger partial charge in [0, 0.05) is 18.0 Å². The van der Waals surface area contributed by atoms with Crippen molar-refractivity contribution in [3.63, 3.8) is 0 Å². The first kappa shape index (κ1) is 10.7. The van der Waals surface area contributed by atoms with Crippen LogP contribution >= 0.6 is 0 Å². The van der Waals surface area contributed by atoms with Gasteiger partial charge in [0.25, 0.3) is 0 Å². The Morgan fingerprint density at radius 1 is 1.17 bits per heavy atom. The monoisotopic (exact) mass is 248 g/mol. The van der Waals surface area contributed by atoms with Crippen LogP contribution in [0, 0.1) is 0 Å². The highest BCUT2D eigenvalue weighted by Gasteiger charge is 2.19. The van der Waals surface area contributed by atoms with Gasteiger partial charge in [-0.15, -0.1) is 0 Å². The van der Waals surface area contributed by atoms with Crippen LogP contribution in [0.4, 0.5) is 11.6 Å². The zero-order valence-corrected chi connectivity index (χ0v) is 9.22. The van der Waals surface area contributed by atoms with Crippen molar-refractivity contribution in [3.05, 3.63) is 10.4 Å². The molecule has 1 aliphatic heterocycles. The molecule has 0 amide bonds. The number of hydrogen-bond donors (Lipinski definition) is 0. The van der Waals surface area contributed by atoms with Gasteiger partial charge in [0.2, 0.25) is 11.3 Å². The lowest BCUT2D eigenvalue weighted by Gasteiger charge is -2.28. The zero-order chi connectivity index (χ0) is 12.4. The molecule has 18 heavy (non-hydrogen) atoms. The molecule has 3 rings (SSSR count). The molecule has 0 bridgehead atoms. The Morgan fingerprint density at radius 3 is 2.61 bits per heavy atom. The number of hydrogen-bond acceptors (Lipinski definition) is 8. The normalized spacial score (nSPS) is 15.7. The van der Waals surface area contributed by atoms with Crippen molar-refractivity contribution in [3.8, 4) is 0 Å². The van der Waals surface area contributed by atoms with Crippen molar-refractivity contribution < 1.29 is 9.37 Å². The topological polar surface area (TPSA) is 126 Å². The second-order valence-corrected chi connectivity index (χ2v) is 3.57. The molecule has 0 aromatic carbocycles. The minimum absolute atomic E-state index is 0.169. The Bertz CT molecular complexity index is 613. The van der Waals surface area contributed by atoms with Crippen LogP contribution < -0.4 is 4.90 Å². The third-order valence-corrected chi connectivity index (χ3v) is 2.53. The highest BCUT2D eigenvalue weighted by molar-refractivity contribution is 5.72. The van der Waals surface area contributed by atoms with E-state index < -0.39 is 0 Å². The molecule has 1 aliphatic rings. The summed E-state index contributed by atoms with van der Waals surface area (Å²) >= 11 is 0. The molecule has 0 atom stereocenters. The van der Waals surface area contributed by atoms with Gasteiger partial charge in [-0.3, -0.25) is 0 Å². The minimum atomic E-state index is 0.169. The van der Waals surface area contributed by atoms with Gasteiger partial charge in [0.15, 0.2) is 11.6 Å². The summed E-state index contributed by atoms with van der Waals surface area (Å²) in [5.74, 6) is 0.641. The van der Waals surface area contributed by atoms with Crippen molar-refractivity contribution in [1.82, 2.24) is 20.3 Å². The van der Waals surface area contributed by atoms with Gasteiger partial charge in [-0.25, -0.2) is 14.6 Å². The average Bonchev–Trinajstić information content (AvgIpc) is 2.86. The van der Waals surface area contributed by atoms with Crippen molar-refractivity contribution in [2.45, 2.75) is 0 Å². The van der Waals surface area contributed by atoms with Gasteiger partial charge < -0.3 is 9.64 Å². The molecule has 0 N–H and O–H groups in total. The number of anilines is 1. The number of nitrogens with zero attached hydrogens (tertiary/aromatic N) is 8. The molecule has 0 spiro atoms. The van der Waals surface area contributed by atoms with Gasteiger partial charge in [-0.05, 0) is 21.0 Å². The molecular formula is C8H8N8O2. The van der Waals surface area contributed by atoms with Crippen molar-refractivity contribution in [2.24, 2.45) is 5.11 Å². The van der Waals surface area contributed by atoms with Gasteiger partial charge in [0.1, 0.15) is 0 Å². The number of fused-ring (bicyclic) bond motifs is 1. The predicted octanol–water partition coefficient (Wildman–Crippen LogP) is 0.791. The van der Waals surface area contributed by atoms with E-state index in [1.54, 1.807) is 0 Å². The van der Waals surface area contributed by atoms with E-state index in [1.165, 1.54) is 0 Å². The number of rotatable bonds is 2. The van der Waals surface area contributed by atoms with Crippen LogP contribution in [0.15, 0.2) is 9.74 Å². The molecule has 1 fully saturated rings. The largest absolute Gasteiger partial charge is 0.378 e.